The standard InChI is InChI=1S/C12H18ClN/c1-2-3-4-5-9-14-12-8-6-7-11(13)10-12/h6-8,10,14H,2-5,9H2,1H3. The van der Waals surface area contributed by atoms with Gasteiger partial charge in [0.2, 0.25) is 0 Å². The zero-order valence-corrected chi connectivity index (χ0v) is 9.48. The minimum Gasteiger partial charge on any atom is -0.385 e. The second-order valence-electron chi connectivity index (χ2n) is 3.50. The van der Waals surface area contributed by atoms with Gasteiger partial charge in [-0.15, -0.1) is 0 Å². The molecular weight excluding hydrogens is 194 g/mol. The van der Waals surface area contributed by atoms with Crippen molar-refractivity contribution in [1.29, 1.82) is 0 Å². The highest BCUT2D eigenvalue weighted by Gasteiger charge is 1.92. The molecule has 1 N–H and O–H groups in total. The third-order valence-corrected chi connectivity index (χ3v) is 2.42. The van der Waals surface area contributed by atoms with Gasteiger partial charge in [0.15, 0.2) is 0 Å². The molecule has 0 amide bonds. The molecule has 1 aromatic carbocycles. The van der Waals surface area contributed by atoms with Crippen LogP contribution in [0.25, 0.3) is 0 Å². The van der Waals surface area contributed by atoms with Crippen molar-refractivity contribution in [2.75, 3.05) is 11.9 Å². The molecule has 1 nitrogen and oxygen atoms in total. The fourth-order valence-electron chi connectivity index (χ4n) is 1.38. The third-order valence-electron chi connectivity index (χ3n) is 2.18. The van der Waals surface area contributed by atoms with Crippen LogP contribution in [0.1, 0.15) is 32.6 Å². The van der Waals surface area contributed by atoms with Crippen molar-refractivity contribution in [1.82, 2.24) is 0 Å². The van der Waals surface area contributed by atoms with Gasteiger partial charge in [0.05, 0.1) is 0 Å². The van der Waals surface area contributed by atoms with Crippen molar-refractivity contribution < 1.29 is 0 Å². The molecule has 2 heteroatoms. The molecule has 0 aromatic heterocycles. The first kappa shape index (κ1) is 11.4. The second-order valence-corrected chi connectivity index (χ2v) is 3.93. The van der Waals surface area contributed by atoms with Gasteiger partial charge in [0, 0.05) is 17.3 Å². The quantitative estimate of drug-likeness (QED) is 0.691. The van der Waals surface area contributed by atoms with E-state index in [9.17, 15) is 0 Å². The fourth-order valence-corrected chi connectivity index (χ4v) is 1.57. The predicted molar refractivity (Wildman–Crippen MR) is 64.1 cm³/mol. The highest BCUT2D eigenvalue weighted by atomic mass is 35.5. The molecule has 0 spiro atoms. The Hall–Kier alpha value is -0.690. The zero-order valence-electron chi connectivity index (χ0n) is 8.72. The van der Waals surface area contributed by atoms with Crippen molar-refractivity contribution in [2.24, 2.45) is 0 Å². The van der Waals surface area contributed by atoms with Crippen LogP contribution in [0.3, 0.4) is 0 Å². The van der Waals surface area contributed by atoms with E-state index in [4.69, 9.17) is 11.6 Å². The highest BCUT2D eigenvalue weighted by molar-refractivity contribution is 6.30. The van der Waals surface area contributed by atoms with Crippen LogP contribution in [0.5, 0.6) is 0 Å². The van der Waals surface area contributed by atoms with Crippen LogP contribution in [0.15, 0.2) is 24.3 Å². The average molecular weight is 212 g/mol. The third kappa shape index (κ3) is 4.52. The molecule has 14 heavy (non-hydrogen) atoms. The van der Waals surface area contributed by atoms with E-state index < -0.39 is 0 Å². The van der Waals surface area contributed by atoms with Crippen LogP contribution in [0, 0.1) is 0 Å². The molecule has 0 aliphatic rings. The van der Waals surface area contributed by atoms with Gasteiger partial charge >= 0.3 is 0 Å². The predicted octanol–water partition coefficient (Wildman–Crippen LogP) is 4.33. The highest BCUT2D eigenvalue weighted by Crippen LogP contribution is 2.14. The van der Waals surface area contributed by atoms with Crippen molar-refractivity contribution in [3.05, 3.63) is 29.3 Å². The summed E-state index contributed by atoms with van der Waals surface area (Å²) in [6.07, 6.45) is 5.17. The van der Waals surface area contributed by atoms with Crippen LogP contribution in [-0.4, -0.2) is 6.54 Å². The molecule has 0 atom stereocenters. The zero-order chi connectivity index (χ0) is 10.2. The van der Waals surface area contributed by atoms with Gasteiger partial charge in [0.1, 0.15) is 0 Å². The Morgan fingerprint density at radius 3 is 2.79 bits per heavy atom. The molecular formula is C12H18ClN. The minimum absolute atomic E-state index is 0.795. The van der Waals surface area contributed by atoms with E-state index in [1.165, 1.54) is 25.7 Å². The Balaban J connectivity index is 2.18. The summed E-state index contributed by atoms with van der Waals surface area (Å²) in [6.45, 7) is 3.27. The lowest BCUT2D eigenvalue weighted by molar-refractivity contribution is 0.685. The molecule has 0 aliphatic carbocycles. The van der Waals surface area contributed by atoms with E-state index in [1.54, 1.807) is 0 Å². The summed E-state index contributed by atoms with van der Waals surface area (Å²) in [5.74, 6) is 0. The van der Waals surface area contributed by atoms with Gasteiger partial charge in [-0.05, 0) is 24.6 Å². The molecule has 78 valence electrons. The number of halogens is 1. The van der Waals surface area contributed by atoms with Crippen molar-refractivity contribution in [2.45, 2.75) is 32.6 Å². The van der Waals surface area contributed by atoms with Crippen LogP contribution >= 0.6 is 11.6 Å². The first-order valence-corrected chi connectivity index (χ1v) is 5.70. The number of hydrogen-bond acceptors (Lipinski definition) is 1. The maximum atomic E-state index is 5.87. The molecule has 1 aromatic rings. The Labute approximate surface area is 91.5 Å². The van der Waals surface area contributed by atoms with Crippen LogP contribution in [0.4, 0.5) is 5.69 Å². The average Bonchev–Trinajstić information content (AvgIpc) is 2.18. The van der Waals surface area contributed by atoms with Gasteiger partial charge in [-0.25, -0.2) is 0 Å². The van der Waals surface area contributed by atoms with E-state index in [0.717, 1.165) is 17.3 Å². The Morgan fingerprint density at radius 2 is 2.07 bits per heavy atom. The molecule has 0 radical (unpaired) electrons. The Kier molecular flexibility index (Phi) is 5.46. The smallest absolute Gasteiger partial charge is 0.0426 e. The summed E-state index contributed by atoms with van der Waals surface area (Å²) in [4.78, 5) is 0. The fraction of sp³-hybridized carbons (Fsp3) is 0.500. The summed E-state index contributed by atoms with van der Waals surface area (Å²) < 4.78 is 0. The second kappa shape index (κ2) is 6.72. The molecule has 0 fully saturated rings. The lowest BCUT2D eigenvalue weighted by Gasteiger charge is -2.05. The Bertz CT molecular complexity index is 260. The summed E-state index contributed by atoms with van der Waals surface area (Å²) >= 11 is 5.87. The summed E-state index contributed by atoms with van der Waals surface area (Å²) in [5.41, 5.74) is 1.12. The molecule has 1 rings (SSSR count). The van der Waals surface area contributed by atoms with Crippen LogP contribution in [0.2, 0.25) is 5.02 Å². The molecule has 0 bridgehead atoms. The first-order valence-electron chi connectivity index (χ1n) is 5.32. The molecule has 0 saturated heterocycles. The van der Waals surface area contributed by atoms with Gasteiger partial charge < -0.3 is 5.32 Å². The van der Waals surface area contributed by atoms with Gasteiger partial charge in [-0.2, -0.15) is 0 Å². The number of rotatable bonds is 6. The van der Waals surface area contributed by atoms with Crippen LogP contribution < -0.4 is 5.32 Å². The molecule has 0 unspecified atom stereocenters. The molecule has 0 aliphatic heterocycles. The van der Waals surface area contributed by atoms with E-state index in [1.807, 2.05) is 24.3 Å². The van der Waals surface area contributed by atoms with Crippen molar-refractivity contribution in [3.63, 3.8) is 0 Å². The number of hydrogen-bond donors (Lipinski definition) is 1. The van der Waals surface area contributed by atoms with E-state index >= 15 is 0 Å². The minimum atomic E-state index is 0.795. The Morgan fingerprint density at radius 1 is 1.21 bits per heavy atom. The molecule has 0 heterocycles. The van der Waals surface area contributed by atoms with Crippen molar-refractivity contribution in [3.8, 4) is 0 Å². The maximum Gasteiger partial charge on any atom is 0.0426 e. The first-order chi connectivity index (χ1) is 6.83. The van der Waals surface area contributed by atoms with Gasteiger partial charge in [-0.1, -0.05) is 43.9 Å². The number of anilines is 1. The topological polar surface area (TPSA) is 12.0 Å². The van der Waals surface area contributed by atoms with Crippen molar-refractivity contribution >= 4 is 17.3 Å². The van der Waals surface area contributed by atoms with Gasteiger partial charge in [0.25, 0.3) is 0 Å². The SMILES string of the molecule is CCCCCCNc1cccc(Cl)c1. The summed E-state index contributed by atoms with van der Waals surface area (Å²) in [6, 6.07) is 7.87. The number of unbranched alkanes of at least 4 members (excludes halogenated alkanes) is 3. The lowest BCUT2D eigenvalue weighted by atomic mass is 10.2. The summed E-state index contributed by atoms with van der Waals surface area (Å²) in [7, 11) is 0. The van der Waals surface area contributed by atoms with Gasteiger partial charge in [-0.3, -0.25) is 0 Å². The lowest BCUT2D eigenvalue weighted by Crippen LogP contribution is -2.00. The molecule has 0 saturated carbocycles. The van der Waals surface area contributed by atoms with E-state index in [0.29, 0.717) is 0 Å². The number of nitrogens with one attached hydrogen (secondary N) is 1. The van der Waals surface area contributed by atoms with E-state index in [2.05, 4.69) is 12.2 Å². The van der Waals surface area contributed by atoms with Crippen LogP contribution in [-0.2, 0) is 0 Å². The number of benzene rings is 1. The maximum absolute atomic E-state index is 5.87. The summed E-state index contributed by atoms with van der Waals surface area (Å²) in [5, 5.41) is 4.15. The largest absolute Gasteiger partial charge is 0.385 e. The normalized spacial score (nSPS) is 10.1. The monoisotopic (exact) mass is 211 g/mol. The van der Waals surface area contributed by atoms with E-state index in [-0.39, 0.29) is 0 Å².